The van der Waals surface area contributed by atoms with Gasteiger partial charge in [0.25, 0.3) is 0 Å². The Morgan fingerprint density at radius 3 is 1.85 bits per heavy atom. The number of ketones is 2. The van der Waals surface area contributed by atoms with Crippen LogP contribution in [0.1, 0.15) is 129 Å². The molecule has 26 heavy (non-hydrogen) atoms. The minimum atomic E-state index is 0.404. The fourth-order valence-corrected chi connectivity index (χ4v) is 4.49. The summed E-state index contributed by atoms with van der Waals surface area (Å²) in [5.74, 6) is 2.29. The van der Waals surface area contributed by atoms with Crippen LogP contribution in [0, 0.1) is 11.8 Å². The minimum absolute atomic E-state index is 0.404. The van der Waals surface area contributed by atoms with Crippen molar-refractivity contribution in [2.24, 2.45) is 11.8 Å². The predicted octanol–water partition coefficient (Wildman–Crippen LogP) is 7.43. The van der Waals surface area contributed by atoms with Crippen LogP contribution in [0.3, 0.4) is 0 Å². The van der Waals surface area contributed by atoms with Crippen molar-refractivity contribution in [1.82, 2.24) is 0 Å². The van der Waals surface area contributed by atoms with Crippen molar-refractivity contribution in [2.75, 3.05) is 0 Å². The first-order chi connectivity index (χ1) is 12.7. The Balaban J connectivity index is 2.09. The van der Waals surface area contributed by atoms with Gasteiger partial charge in [-0.3, -0.25) is 9.59 Å². The van der Waals surface area contributed by atoms with Crippen LogP contribution in [-0.2, 0) is 9.59 Å². The molecule has 2 heteroatoms. The third-order valence-electron chi connectivity index (χ3n) is 6.21. The lowest BCUT2D eigenvalue weighted by Crippen LogP contribution is -2.22. The fraction of sp³-hybridized carbons (Fsp3) is 0.917. The quantitative estimate of drug-likeness (QED) is 0.267. The summed E-state index contributed by atoms with van der Waals surface area (Å²) in [5, 5.41) is 0. The Labute approximate surface area is 162 Å². The van der Waals surface area contributed by atoms with E-state index in [2.05, 4.69) is 13.8 Å². The van der Waals surface area contributed by atoms with Crippen LogP contribution in [0.4, 0.5) is 0 Å². The number of carbonyl (C=O) groups excluding carboxylic acids is 2. The number of unbranched alkanes of at least 4 members (excludes halogenated alkanes) is 6. The first kappa shape index (κ1) is 23.4. The molecule has 2 nitrogen and oxygen atoms in total. The van der Waals surface area contributed by atoms with Crippen LogP contribution in [0.5, 0.6) is 0 Å². The highest BCUT2D eigenvalue weighted by molar-refractivity contribution is 5.79. The van der Waals surface area contributed by atoms with E-state index in [1.54, 1.807) is 0 Å². The van der Waals surface area contributed by atoms with Crippen molar-refractivity contribution >= 4 is 11.6 Å². The molecule has 2 atom stereocenters. The van der Waals surface area contributed by atoms with Gasteiger partial charge >= 0.3 is 0 Å². The van der Waals surface area contributed by atoms with Crippen LogP contribution in [-0.4, -0.2) is 11.6 Å². The molecule has 0 N–H and O–H groups in total. The molecular formula is C24H44O2. The largest absolute Gasteiger partial charge is 0.300 e. The molecule has 0 heterocycles. The first-order valence-electron chi connectivity index (χ1n) is 11.7. The average molecular weight is 365 g/mol. The summed E-state index contributed by atoms with van der Waals surface area (Å²) in [6.45, 7) is 4.47. The summed E-state index contributed by atoms with van der Waals surface area (Å²) in [6.07, 6.45) is 20.0. The van der Waals surface area contributed by atoms with E-state index >= 15 is 0 Å². The highest BCUT2D eigenvalue weighted by Crippen LogP contribution is 2.36. The van der Waals surface area contributed by atoms with E-state index in [0.717, 1.165) is 38.0 Å². The fourth-order valence-electron chi connectivity index (χ4n) is 4.49. The van der Waals surface area contributed by atoms with Gasteiger partial charge in [-0.15, -0.1) is 0 Å². The highest BCUT2D eigenvalue weighted by atomic mass is 16.1. The SMILES string of the molecule is CCCCCCCC(=O)CCCCC(=O)CC1CCCCC1CCCC. The molecule has 0 amide bonds. The molecule has 152 valence electrons. The predicted molar refractivity (Wildman–Crippen MR) is 111 cm³/mol. The molecule has 1 aliphatic rings. The third kappa shape index (κ3) is 11.1. The van der Waals surface area contributed by atoms with Gasteiger partial charge in [0.15, 0.2) is 0 Å². The Morgan fingerprint density at radius 2 is 1.19 bits per heavy atom. The molecule has 0 aromatic heterocycles. The van der Waals surface area contributed by atoms with Crippen molar-refractivity contribution in [1.29, 1.82) is 0 Å². The first-order valence-corrected chi connectivity index (χ1v) is 11.7. The van der Waals surface area contributed by atoms with E-state index in [0.29, 0.717) is 30.3 Å². The molecular weight excluding hydrogens is 320 g/mol. The number of Topliss-reactive ketones (excluding diaryl/α,β-unsaturated/α-hetero) is 2. The van der Waals surface area contributed by atoms with Gasteiger partial charge in [0.2, 0.25) is 0 Å². The third-order valence-corrected chi connectivity index (χ3v) is 6.21. The van der Waals surface area contributed by atoms with Gasteiger partial charge < -0.3 is 0 Å². The number of hydrogen-bond donors (Lipinski definition) is 0. The second-order valence-corrected chi connectivity index (χ2v) is 8.60. The van der Waals surface area contributed by atoms with E-state index in [1.807, 2.05) is 0 Å². The van der Waals surface area contributed by atoms with E-state index < -0.39 is 0 Å². The molecule has 0 radical (unpaired) electrons. The molecule has 0 aliphatic heterocycles. The second-order valence-electron chi connectivity index (χ2n) is 8.60. The number of rotatable bonds is 16. The molecule has 1 aliphatic carbocycles. The summed E-state index contributed by atoms with van der Waals surface area (Å²) in [5.41, 5.74) is 0. The summed E-state index contributed by atoms with van der Waals surface area (Å²) in [7, 11) is 0. The molecule has 0 aromatic carbocycles. The van der Waals surface area contributed by atoms with E-state index in [-0.39, 0.29) is 0 Å². The van der Waals surface area contributed by atoms with Gasteiger partial charge in [0.1, 0.15) is 11.6 Å². The van der Waals surface area contributed by atoms with E-state index in [9.17, 15) is 9.59 Å². The van der Waals surface area contributed by atoms with Crippen molar-refractivity contribution in [2.45, 2.75) is 129 Å². The Hall–Kier alpha value is -0.660. The second kappa shape index (κ2) is 15.4. The van der Waals surface area contributed by atoms with Gasteiger partial charge in [0, 0.05) is 25.7 Å². The molecule has 0 spiro atoms. The Kier molecular flexibility index (Phi) is 13.9. The minimum Gasteiger partial charge on any atom is -0.300 e. The lowest BCUT2D eigenvalue weighted by Gasteiger charge is -2.31. The van der Waals surface area contributed by atoms with Gasteiger partial charge in [-0.2, -0.15) is 0 Å². The van der Waals surface area contributed by atoms with Gasteiger partial charge in [0.05, 0.1) is 0 Å². The van der Waals surface area contributed by atoms with Gasteiger partial charge in [-0.1, -0.05) is 78.1 Å². The Bertz CT molecular complexity index is 374. The molecule has 1 saturated carbocycles. The maximum atomic E-state index is 12.4. The molecule has 1 rings (SSSR count). The molecule has 2 unspecified atom stereocenters. The zero-order valence-corrected chi connectivity index (χ0v) is 17.7. The van der Waals surface area contributed by atoms with Crippen LogP contribution in [0.15, 0.2) is 0 Å². The molecule has 1 fully saturated rings. The Morgan fingerprint density at radius 1 is 0.654 bits per heavy atom. The van der Waals surface area contributed by atoms with Gasteiger partial charge in [-0.05, 0) is 37.5 Å². The highest BCUT2D eigenvalue weighted by Gasteiger charge is 2.26. The van der Waals surface area contributed by atoms with Crippen LogP contribution < -0.4 is 0 Å². The summed E-state index contributed by atoms with van der Waals surface area (Å²) in [6, 6.07) is 0. The van der Waals surface area contributed by atoms with Crippen molar-refractivity contribution < 1.29 is 9.59 Å². The van der Waals surface area contributed by atoms with Crippen LogP contribution in [0.25, 0.3) is 0 Å². The maximum absolute atomic E-state index is 12.4. The smallest absolute Gasteiger partial charge is 0.133 e. The number of carbonyl (C=O) groups is 2. The maximum Gasteiger partial charge on any atom is 0.133 e. The van der Waals surface area contributed by atoms with Crippen LogP contribution >= 0.6 is 0 Å². The van der Waals surface area contributed by atoms with Crippen molar-refractivity contribution in [3.63, 3.8) is 0 Å². The van der Waals surface area contributed by atoms with E-state index in [1.165, 1.54) is 70.6 Å². The lowest BCUT2D eigenvalue weighted by atomic mass is 9.74. The molecule has 0 bridgehead atoms. The number of hydrogen-bond acceptors (Lipinski definition) is 2. The summed E-state index contributed by atoms with van der Waals surface area (Å²) < 4.78 is 0. The normalized spacial score (nSPS) is 20.2. The average Bonchev–Trinajstić information content (AvgIpc) is 2.64. The van der Waals surface area contributed by atoms with Crippen molar-refractivity contribution in [3.8, 4) is 0 Å². The summed E-state index contributed by atoms with van der Waals surface area (Å²) in [4.78, 5) is 24.3. The zero-order valence-electron chi connectivity index (χ0n) is 17.7. The van der Waals surface area contributed by atoms with E-state index in [4.69, 9.17) is 0 Å². The topological polar surface area (TPSA) is 34.1 Å². The van der Waals surface area contributed by atoms with Crippen molar-refractivity contribution in [3.05, 3.63) is 0 Å². The summed E-state index contributed by atoms with van der Waals surface area (Å²) >= 11 is 0. The van der Waals surface area contributed by atoms with Gasteiger partial charge in [-0.25, -0.2) is 0 Å². The molecule has 0 aromatic rings. The standard InChI is InChI=1S/C24H44O2/c1-3-5-7-8-9-17-23(25)18-12-13-19-24(26)20-22-16-11-10-15-21(22)14-6-4-2/h21-22H,3-20H2,1-2H3. The lowest BCUT2D eigenvalue weighted by molar-refractivity contribution is -0.122. The monoisotopic (exact) mass is 364 g/mol. The molecule has 0 saturated heterocycles. The zero-order chi connectivity index (χ0) is 19.0. The van der Waals surface area contributed by atoms with Crippen LogP contribution in [0.2, 0.25) is 0 Å².